The Labute approximate surface area is 203 Å². The van der Waals surface area contributed by atoms with Gasteiger partial charge >= 0.3 is 0 Å². The number of amides is 2. The number of carbonyl (C=O) groups excluding carboxylic acids is 2. The highest BCUT2D eigenvalue weighted by Crippen LogP contribution is 2.61. The second kappa shape index (κ2) is 9.67. The normalized spacial score (nSPS) is 28.9. The third-order valence-corrected chi connectivity index (χ3v) is 8.53. The number of nitrogens with one attached hydrogen (secondary N) is 2. The van der Waals surface area contributed by atoms with Crippen LogP contribution in [-0.4, -0.2) is 45.2 Å². The molecule has 0 unspecified atom stereocenters. The van der Waals surface area contributed by atoms with Crippen LogP contribution in [0.2, 0.25) is 0 Å². The lowest BCUT2D eigenvalue weighted by atomic mass is 9.48. The average molecular weight is 473 g/mol. The molecule has 7 nitrogen and oxygen atoms in total. The number of hydrogen-bond donors (Lipinski definition) is 2. The zero-order chi connectivity index (χ0) is 24.6. The van der Waals surface area contributed by atoms with E-state index >= 15 is 0 Å². The van der Waals surface area contributed by atoms with Crippen LogP contribution in [0.1, 0.15) is 69.7 Å². The highest BCUT2D eigenvalue weighted by molar-refractivity contribution is 5.98. The molecule has 0 saturated heterocycles. The zero-order valence-electron chi connectivity index (χ0n) is 21.4. The maximum absolute atomic E-state index is 13.4. The van der Waals surface area contributed by atoms with Crippen LogP contribution in [0, 0.1) is 29.1 Å². The minimum Gasteiger partial charge on any atom is -0.493 e. The monoisotopic (exact) mass is 472 g/mol. The lowest BCUT2D eigenvalue weighted by Gasteiger charge is -2.59. The Kier molecular flexibility index (Phi) is 7.02. The summed E-state index contributed by atoms with van der Waals surface area (Å²) in [7, 11) is 4.54. The van der Waals surface area contributed by atoms with Crippen molar-refractivity contribution < 1.29 is 23.8 Å². The summed E-state index contributed by atoms with van der Waals surface area (Å²) < 4.78 is 16.1. The summed E-state index contributed by atoms with van der Waals surface area (Å²) in [5, 5.41) is 6.26. The standard InChI is InChI=1S/C27H40N2O5/c1-15(2)23(29-25(30)20-10-21(32-4)24(34-6)22(11-20)33-5)26(31)28-16(3)27-12-17-7-18(13-27)9-19(8-17)14-27/h10-11,15-19,23H,7-9,12-14H2,1-6H3,(H,28,31)(H,29,30)/t16-,17?,18?,19?,23+,27?/m1/s1. The molecular formula is C27H40N2O5. The van der Waals surface area contributed by atoms with E-state index in [9.17, 15) is 9.59 Å². The lowest BCUT2D eigenvalue weighted by molar-refractivity contribution is -0.128. The Morgan fingerprint density at radius 3 is 1.76 bits per heavy atom. The van der Waals surface area contributed by atoms with Crippen molar-refractivity contribution in [2.24, 2.45) is 29.1 Å². The summed E-state index contributed by atoms with van der Waals surface area (Å²) in [6.45, 7) is 6.08. The Bertz CT molecular complexity index is 867. The first-order chi connectivity index (χ1) is 16.2. The summed E-state index contributed by atoms with van der Waals surface area (Å²) in [4.78, 5) is 26.6. The highest BCUT2D eigenvalue weighted by atomic mass is 16.5. The topological polar surface area (TPSA) is 85.9 Å². The molecule has 4 bridgehead atoms. The zero-order valence-corrected chi connectivity index (χ0v) is 21.4. The second-order valence-electron chi connectivity index (χ2n) is 11.1. The summed E-state index contributed by atoms with van der Waals surface area (Å²) in [5.41, 5.74) is 0.564. The molecule has 0 heterocycles. The molecule has 2 N–H and O–H groups in total. The van der Waals surface area contributed by atoms with Gasteiger partial charge in [-0.05, 0) is 86.7 Å². The molecular weight excluding hydrogens is 432 g/mol. The van der Waals surface area contributed by atoms with Crippen LogP contribution in [0.25, 0.3) is 0 Å². The quantitative estimate of drug-likeness (QED) is 0.563. The van der Waals surface area contributed by atoms with Gasteiger partial charge in [-0.25, -0.2) is 0 Å². The molecule has 0 aromatic heterocycles. The number of carbonyl (C=O) groups is 2. The van der Waals surface area contributed by atoms with E-state index in [2.05, 4.69) is 17.6 Å². The van der Waals surface area contributed by atoms with Gasteiger partial charge in [0.25, 0.3) is 5.91 Å². The predicted octanol–water partition coefficient (Wildman–Crippen LogP) is 4.19. The SMILES string of the molecule is COc1cc(C(=O)N[C@H](C(=O)N[C@H](C)C23CC4CC(CC(C4)C2)C3)C(C)C)cc(OC)c1OC. The number of ether oxygens (including phenoxy) is 3. The number of hydrogen-bond acceptors (Lipinski definition) is 5. The van der Waals surface area contributed by atoms with E-state index in [1.165, 1.54) is 59.9 Å². The number of rotatable bonds is 9. The minimum absolute atomic E-state index is 0.0606. The van der Waals surface area contributed by atoms with Crippen LogP contribution in [0.5, 0.6) is 17.2 Å². The molecule has 1 aromatic carbocycles. The molecule has 188 valence electrons. The molecule has 5 rings (SSSR count). The third kappa shape index (κ3) is 4.58. The van der Waals surface area contributed by atoms with Crippen molar-refractivity contribution in [3.63, 3.8) is 0 Å². The van der Waals surface area contributed by atoms with Crippen molar-refractivity contribution in [2.75, 3.05) is 21.3 Å². The third-order valence-electron chi connectivity index (χ3n) is 8.53. The fourth-order valence-electron chi connectivity index (χ4n) is 7.14. The van der Waals surface area contributed by atoms with Gasteiger partial charge < -0.3 is 24.8 Å². The first-order valence-electron chi connectivity index (χ1n) is 12.6. The number of methoxy groups -OCH3 is 3. The van der Waals surface area contributed by atoms with Crippen molar-refractivity contribution >= 4 is 11.8 Å². The van der Waals surface area contributed by atoms with Gasteiger partial charge in [0.15, 0.2) is 11.5 Å². The molecule has 4 saturated carbocycles. The van der Waals surface area contributed by atoms with Crippen molar-refractivity contribution in [3.8, 4) is 17.2 Å². The molecule has 0 spiro atoms. The predicted molar refractivity (Wildman–Crippen MR) is 130 cm³/mol. The highest BCUT2D eigenvalue weighted by Gasteiger charge is 2.53. The van der Waals surface area contributed by atoms with Gasteiger partial charge in [0.2, 0.25) is 11.7 Å². The Balaban J connectivity index is 1.47. The first-order valence-corrected chi connectivity index (χ1v) is 12.6. The van der Waals surface area contributed by atoms with Gasteiger partial charge in [0, 0.05) is 11.6 Å². The maximum atomic E-state index is 13.4. The maximum Gasteiger partial charge on any atom is 0.252 e. The van der Waals surface area contributed by atoms with E-state index in [1.807, 2.05) is 13.8 Å². The Morgan fingerprint density at radius 1 is 0.853 bits per heavy atom. The molecule has 4 aliphatic rings. The van der Waals surface area contributed by atoms with Crippen LogP contribution < -0.4 is 24.8 Å². The van der Waals surface area contributed by atoms with Crippen LogP contribution in [0.4, 0.5) is 0 Å². The second-order valence-corrected chi connectivity index (χ2v) is 11.1. The fraction of sp³-hybridized carbons (Fsp3) is 0.704. The van der Waals surface area contributed by atoms with Crippen molar-refractivity contribution in [2.45, 2.75) is 71.4 Å². The van der Waals surface area contributed by atoms with E-state index in [0.29, 0.717) is 22.8 Å². The van der Waals surface area contributed by atoms with Crippen LogP contribution in [-0.2, 0) is 4.79 Å². The first kappa shape index (κ1) is 24.7. The van der Waals surface area contributed by atoms with E-state index < -0.39 is 6.04 Å². The van der Waals surface area contributed by atoms with Crippen LogP contribution in [0.3, 0.4) is 0 Å². The van der Waals surface area contributed by atoms with E-state index in [-0.39, 0.29) is 29.2 Å². The molecule has 4 aliphatic carbocycles. The Hall–Kier alpha value is -2.44. The summed E-state index contributed by atoms with van der Waals surface area (Å²) in [6.07, 6.45) is 7.80. The molecule has 4 fully saturated rings. The molecule has 0 radical (unpaired) electrons. The van der Waals surface area contributed by atoms with Gasteiger partial charge in [0.1, 0.15) is 6.04 Å². The largest absolute Gasteiger partial charge is 0.493 e. The van der Waals surface area contributed by atoms with Crippen molar-refractivity contribution in [1.29, 1.82) is 0 Å². The molecule has 34 heavy (non-hydrogen) atoms. The van der Waals surface area contributed by atoms with E-state index in [4.69, 9.17) is 14.2 Å². The van der Waals surface area contributed by atoms with Gasteiger partial charge in [-0.15, -0.1) is 0 Å². The lowest BCUT2D eigenvalue weighted by Crippen LogP contribution is -2.59. The van der Waals surface area contributed by atoms with Crippen molar-refractivity contribution in [3.05, 3.63) is 17.7 Å². The summed E-state index contributed by atoms with van der Waals surface area (Å²) >= 11 is 0. The summed E-state index contributed by atoms with van der Waals surface area (Å²) in [6, 6.07) is 2.67. The van der Waals surface area contributed by atoms with Gasteiger partial charge in [-0.2, -0.15) is 0 Å². The van der Waals surface area contributed by atoms with Crippen molar-refractivity contribution in [1.82, 2.24) is 10.6 Å². The molecule has 0 aliphatic heterocycles. The van der Waals surface area contributed by atoms with Crippen LogP contribution >= 0.6 is 0 Å². The summed E-state index contributed by atoms with van der Waals surface area (Å²) in [5.74, 6) is 3.16. The van der Waals surface area contributed by atoms with Gasteiger partial charge in [0.05, 0.1) is 21.3 Å². The van der Waals surface area contributed by atoms with Crippen LogP contribution in [0.15, 0.2) is 12.1 Å². The molecule has 1 aromatic rings. The molecule has 2 atom stereocenters. The van der Waals surface area contributed by atoms with E-state index in [1.54, 1.807) is 12.1 Å². The fourth-order valence-corrected chi connectivity index (χ4v) is 7.14. The average Bonchev–Trinajstić information content (AvgIpc) is 2.79. The number of benzene rings is 1. The van der Waals surface area contributed by atoms with Gasteiger partial charge in [-0.3, -0.25) is 9.59 Å². The van der Waals surface area contributed by atoms with Gasteiger partial charge in [-0.1, -0.05) is 13.8 Å². The van der Waals surface area contributed by atoms with E-state index in [0.717, 1.165) is 17.8 Å². The molecule has 7 heteroatoms. The minimum atomic E-state index is -0.636. The smallest absolute Gasteiger partial charge is 0.252 e. The Morgan fingerprint density at radius 2 is 1.35 bits per heavy atom. The molecule has 2 amide bonds.